The van der Waals surface area contributed by atoms with E-state index >= 15 is 0 Å². The van der Waals surface area contributed by atoms with Crippen molar-refractivity contribution in [1.29, 1.82) is 0 Å². The van der Waals surface area contributed by atoms with Crippen LogP contribution in [0.3, 0.4) is 0 Å². The number of amides is 1. The van der Waals surface area contributed by atoms with Gasteiger partial charge in [-0.1, -0.05) is 6.07 Å². The monoisotopic (exact) mass is 237 g/mol. The van der Waals surface area contributed by atoms with Crippen molar-refractivity contribution >= 4 is 5.91 Å². The van der Waals surface area contributed by atoms with Gasteiger partial charge in [0.15, 0.2) is 0 Å². The smallest absolute Gasteiger partial charge is 0.253 e. The molecule has 1 saturated heterocycles. The molecular formula is C13H16FNO2. The second-order valence-electron chi connectivity index (χ2n) is 4.80. The van der Waals surface area contributed by atoms with Gasteiger partial charge in [-0.3, -0.25) is 4.79 Å². The molecule has 4 heteroatoms. The number of rotatable bonds is 1. The van der Waals surface area contributed by atoms with Crippen molar-refractivity contribution in [3.8, 4) is 0 Å². The molecule has 3 nitrogen and oxygen atoms in total. The van der Waals surface area contributed by atoms with E-state index < -0.39 is 11.4 Å². The molecule has 1 aromatic carbocycles. The van der Waals surface area contributed by atoms with Crippen LogP contribution in [0, 0.1) is 5.82 Å². The molecule has 1 heterocycles. The normalized spacial score (nSPS) is 19.1. The third-order valence-corrected chi connectivity index (χ3v) is 3.20. The van der Waals surface area contributed by atoms with Gasteiger partial charge in [-0.2, -0.15) is 0 Å². The van der Waals surface area contributed by atoms with E-state index in [0.717, 1.165) is 0 Å². The first kappa shape index (κ1) is 12.0. The third-order valence-electron chi connectivity index (χ3n) is 3.20. The average Bonchev–Trinajstić information content (AvgIpc) is 2.28. The number of hydrogen-bond acceptors (Lipinski definition) is 2. The molecule has 1 amide bonds. The summed E-state index contributed by atoms with van der Waals surface area (Å²) in [6.45, 7) is 2.81. The lowest BCUT2D eigenvalue weighted by Crippen LogP contribution is -2.45. The van der Waals surface area contributed by atoms with Gasteiger partial charge in [-0.05, 0) is 38.0 Å². The molecule has 1 N–H and O–H groups in total. The van der Waals surface area contributed by atoms with E-state index in [-0.39, 0.29) is 5.91 Å². The summed E-state index contributed by atoms with van der Waals surface area (Å²) >= 11 is 0. The van der Waals surface area contributed by atoms with Crippen molar-refractivity contribution in [2.45, 2.75) is 25.4 Å². The van der Waals surface area contributed by atoms with E-state index in [2.05, 4.69) is 0 Å². The second-order valence-corrected chi connectivity index (χ2v) is 4.80. The summed E-state index contributed by atoms with van der Waals surface area (Å²) in [5.74, 6) is -0.570. The first-order valence-electron chi connectivity index (χ1n) is 5.75. The molecule has 1 aliphatic rings. The van der Waals surface area contributed by atoms with Crippen LogP contribution in [0.15, 0.2) is 24.3 Å². The predicted octanol–water partition coefficient (Wildman–Crippen LogP) is 1.81. The molecule has 1 fully saturated rings. The molecular weight excluding hydrogens is 221 g/mol. The highest BCUT2D eigenvalue weighted by Crippen LogP contribution is 2.22. The first-order valence-corrected chi connectivity index (χ1v) is 5.75. The van der Waals surface area contributed by atoms with E-state index in [1.54, 1.807) is 17.9 Å². The van der Waals surface area contributed by atoms with Crippen molar-refractivity contribution in [3.63, 3.8) is 0 Å². The van der Waals surface area contributed by atoms with Crippen molar-refractivity contribution in [2.24, 2.45) is 0 Å². The van der Waals surface area contributed by atoms with Crippen LogP contribution in [0.4, 0.5) is 4.39 Å². The maximum Gasteiger partial charge on any atom is 0.253 e. The lowest BCUT2D eigenvalue weighted by Gasteiger charge is -2.35. The lowest BCUT2D eigenvalue weighted by atomic mass is 9.93. The van der Waals surface area contributed by atoms with Gasteiger partial charge in [0, 0.05) is 18.7 Å². The van der Waals surface area contributed by atoms with Gasteiger partial charge in [0.05, 0.1) is 5.60 Å². The minimum Gasteiger partial charge on any atom is -0.390 e. The molecule has 0 aliphatic carbocycles. The first-order chi connectivity index (χ1) is 7.98. The van der Waals surface area contributed by atoms with Crippen molar-refractivity contribution in [2.75, 3.05) is 13.1 Å². The zero-order valence-corrected chi connectivity index (χ0v) is 9.82. The number of carbonyl (C=O) groups is 1. The fourth-order valence-corrected chi connectivity index (χ4v) is 2.00. The topological polar surface area (TPSA) is 40.5 Å². The molecule has 0 unspecified atom stereocenters. The van der Waals surface area contributed by atoms with Gasteiger partial charge in [-0.15, -0.1) is 0 Å². The third kappa shape index (κ3) is 2.82. The maximum absolute atomic E-state index is 13.0. The number of carbonyl (C=O) groups excluding carboxylic acids is 1. The van der Waals surface area contributed by atoms with E-state index in [0.29, 0.717) is 31.5 Å². The fourth-order valence-electron chi connectivity index (χ4n) is 2.00. The van der Waals surface area contributed by atoms with Crippen LogP contribution in [0.5, 0.6) is 0 Å². The molecule has 0 saturated carbocycles. The second kappa shape index (κ2) is 4.45. The van der Waals surface area contributed by atoms with Crippen LogP contribution in [0.2, 0.25) is 0 Å². The van der Waals surface area contributed by atoms with Gasteiger partial charge >= 0.3 is 0 Å². The molecule has 0 spiro atoms. The molecule has 2 rings (SSSR count). The molecule has 0 radical (unpaired) electrons. The number of nitrogens with zero attached hydrogens (tertiary/aromatic N) is 1. The lowest BCUT2D eigenvalue weighted by molar-refractivity contribution is -0.00203. The van der Waals surface area contributed by atoms with Crippen LogP contribution < -0.4 is 0 Å². The number of piperidine rings is 1. The van der Waals surface area contributed by atoms with Gasteiger partial charge < -0.3 is 10.0 Å². The molecule has 0 aromatic heterocycles. The van der Waals surface area contributed by atoms with Crippen LogP contribution in [0.1, 0.15) is 30.1 Å². The van der Waals surface area contributed by atoms with E-state index in [1.807, 2.05) is 0 Å². The van der Waals surface area contributed by atoms with Gasteiger partial charge in [-0.25, -0.2) is 4.39 Å². The highest BCUT2D eigenvalue weighted by atomic mass is 19.1. The van der Waals surface area contributed by atoms with Crippen LogP contribution in [-0.4, -0.2) is 34.6 Å². The molecule has 1 aliphatic heterocycles. The Kier molecular flexibility index (Phi) is 3.15. The van der Waals surface area contributed by atoms with E-state index in [9.17, 15) is 14.3 Å². The number of benzene rings is 1. The minimum atomic E-state index is -0.682. The van der Waals surface area contributed by atoms with Crippen LogP contribution in [0.25, 0.3) is 0 Å². The van der Waals surface area contributed by atoms with Crippen molar-refractivity contribution < 1.29 is 14.3 Å². The zero-order chi connectivity index (χ0) is 12.5. The molecule has 0 bridgehead atoms. The summed E-state index contributed by atoms with van der Waals surface area (Å²) in [7, 11) is 0. The Morgan fingerprint density at radius 3 is 2.65 bits per heavy atom. The molecule has 1 aromatic rings. The molecule has 92 valence electrons. The zero-order valence-electron chi connectivity index (χ0n) is 9.82. The van der Waals surface area contributed by atoms with Crippen LogP contribution >= 0.6 is 0 Å². The fraction of sp³-hybridized carbons (Fsp3) is 0.462. The quantitative estimate of drug-likeness (QED) is 0.809. The Morgan fingerprint density at radius 2 is 2.06 bits per heavy atom. The Bertz CT molecular complexity index is 421. The van der Waals surface area contributed by atoms with Gasteiger partial charge in [0.25, 0.3) is 5.91 Å². The van der Waals surface area contributed by atoms with Gasteiger partial charge in [0.1, 0.15) is 5.82 Å². The van der Waals surface area contributed by atoms with Crippen molar-refractivity contribution in [3.05, 3.63) is 35.6 Å². The van der Waals surface area contributed by atoms with Crippen LogP contribution in [-0.2, 0) is 0 Å². The predicted molar refractivity (Wildman–Crippen MR) is 62.2 cm³/mol. The highest BCUT2D eigenvalue weighted by molar-refractivity contribution is 5.94. The Morgan fingerprint density at radius 1 is 1.41 bits per heavy atom. The number of hydrogen-bond donors (Lipinski definition) is 1. The largest absolute Gasteiger partial charge is 0.390 e. The van der Waals surface area contributed by atoms with E-state index in [1.165, 1.54) is 18.2 Å². The summed E-state index contributed by atoms with van der Waals surface area (Å²) in [6, 6.07) is 5.70. The summed E-state index contributed by atoms with van der Waals surface area (Å²) < 4.78 is 13.0. The van der Waals surface area contributed by atoms with E-state index in [4.69, 9.17) is 0 Å². The average molecular weight is 237 g/mol. The standard InChI is InChI=1S/C13H16FNO2/c1-13(17)5-7-15(8-6-13)12(16)10-3-2-4-11(14)9-10/h2-4,9,17H,5-8H2,1H3. The Labute approximate surface area is 99.9 Å². The summed E-state index contributed by atoms with van der Waals surface area (Å²) in [4.78, 5) is 13.7. The Hall–Kier alpha value is -1.42. The number of aliphatic hydroxyl groups is 1. The number of likely N-dealkylation sites (tertiary alicyclic amines) is 1. The highest BCUT2D eigenvalue weighted by Gasteiger charge is 2.29. The molecule has 17 heavy (non-hydrogen) atoms. The Balaban J connectivity index is 2.07. The summed E-state index contributed by atoms with van der Waals surface area (Å²) in [5.41, 5.74) is -0.315. The maximum atomic E-state index is 13.0. The molecule has 0 atom stereocenters. The summed E-state index contributed by atoms with van der Waals surface area (Å²) in [6.07, 6.45) is 1.13. The SMILES string of the molecule is CC1(O)CCN(C(=O)c2cccc(F)c2)CC1. The van der Waals surface area contributed by atoms with Gasteiger partial charge in [0.2, 0.25) is 0 Å². The van der Waals surface area contributed by atoms with Crippen molar-refractivity contribution in [1.82, 2.24) is 4.90 Å². The minimum absolute atomic E-state index is 0.167. The summed E-state index contributed by atoms with van der Waals surface area (Å²) in [5, 5.41) is 9.79. The number of halogens is 1.